The maximum Gasteiger partial charge on any atom is 0.324 e. The van der Waals surface area contributed by atoms with E-state index in [0.29, 0.717) is 13.1 Å². The van der Waals surface area contributed by atoms with E-state index in [9.17, 15) is 20.0 Å². The van der Waals surface area contributed by atoms with Gasteiger partial charge < -0.3 is 9.84 Å². The van der Waals surface area contributed by atoms with Crippen LogP contribution in [0.3, 0.4) is 0 Å². The molecule has 0 atom stereocenters. The Kier molecular flexibility index (Phi) is 6.33. The minimum atomic E-state index is -0.580. The van der Waals surface area contributed by atoms with Crippen LogP contribution in [0.1, 0.15) is 31.2 Å². The molecule has 7 nitrogen and oxygen atoms in total. The molecule has 0 saturated heterocycles. The predicted octanol–water partition coefficient (Wildman–Crippen LogP) is 3.71. The highest BCUT2D eigenvalue weighted by atomic mass is 32.1. The van der Waals surface area contributed by atoms with Crippen LogP contribution in [0.15, 0.2) is 36.4 Å². The van der Waals surface area contributed by atoms with E-state index < -0.39 is 10.5 Å². The second-order valence-electron chi connectivity index (χ2n) is 6.90. The highest BCUT2D eigenvalue weighted by molar-refractivity contribution is 7.15. The summed E-state index contributed by atoms with van der Waals surface area (Å²) in [6.07, 6.45) is 0. The van der Waals surface area contributed by atoms with Gasteiger partial charge in [0.1, 0.15) is 11.4 Å². The summed E-state index contributed by atoms with van der Waals surface area (Å²) < 4.78 is 5.38. The Morgan fingerprint density at radius 1 is 1.19 bits per heavy atom. The van der Waals surface area contributed by atoms with E-state index in [0.717, 1.165) is 21.8 Å². The molecular weight excluding hydrogens is 356 g/mol. The van der Waals surface area contributed by atoms with E-state index in [2.05, 4.69) is 0 Å². The standard InChI is InChI=1S/C18H22N2O5S/c1-18(2,3)25-17(22)12-19(10-13-4-6-14(21)7-5-13)11-15-8-9-16(26-15)20(23)24/h4-9,21H,10-12H2,1-3H3. The van der Waals surface area contributed by atoms with Crippen molar-refractivity contribution in [3.05, 3.63) is 57.0 Å². The monoisotopic (exact) mass is 378 g/mol. The first-order chi connectivity index (χ1) is 12.1. The first kappa shape index (κ1) is 19.9. The zero-order chi connectivity index (χ0) is 19.3. The number of esters is 1. The molecule has 0 aliphatic rings. The molecule has 0 radical (unpaired) electrons. The Bertz CT molecular complexity index is 765. The Labute approximate surface area is 156 Å². The van der Waals surface area contributed by atoms with Crippen LogP contribution < -0.4 is 0 Å². The van der Waals surface area contributed by atoms with E-state index in [1.807, 2.05) is 4.90 Å². The number of carbonyl (C=O) groups excluding carboxylic acids is 1. The first-order valence-electron chi connectivity index (χ1n) is 8.07. The molecule has 0 spiro atoms. The molecule has 26 heavy (non-hydrogen) atoms. The topological polar surface area (TPSA) is 92.9 Å². The average Bonchev–Trinajstić information content (AvgIpc) is 2.96. The number of ether oxygens (including phenoxy) is 1. The third kappa shape index (κ3) is 6.45. The Balaban J connectivity index is 2.12. The van der Waals surface area contributed by atoms with E-state index in [1.54, 1.807) is 51.1 Å². The van der Waals surface area contributed by atoms with Gasteiger partial charge in [-0.2, -0.15) is 0 Å². The van der Waals surface area contributed by atoms with Crippen molar-refractivity contribution in [3.8, 4) is 5.75 Å². The molecular formula is C18H22N2O5S. The van der Waals surface area contributed by atoms with Gasteiger partial charge in [-0.1, -0.05) is 23.5 Å². The minimum absolute atomic E-state index is 0.0594. The minimum Gasteiger partial charge on any atom is -0.508 e. The highest BCUT2D eigenvalue weighted by Gasteiger charge is 2.20. The van der Waals surface area contributed by atoms with Crippen molar-refractivity contribution in [1.82, 2.24) is 4.90 Å². The maximum absolute atomic E-state index is 12.2. The summed E-state index contributed by atoms with van der Waals surface area (Å²) >= 11 is 1.09. The van der Waals surface area contributed by atoms with Crippen molar-refractivity contribution >= 4 is 22.3 Å². The van der Waals surface area contributed by atoms with Gasteiger partial charge in [0, 0.05) is 24.0 Å². The summed E-state index contributed by atoms with van der Waals surface area (Å²) in [4.78, 5) is 25.3. The van der Waals surface area contributed by atoms with Crippen LogP contribution in [0.5, 0.6) is 5.75 Å². The largest absolute Gasteiger partial charge is 0.508 e. The SMILES string of the molecule is CC(C)(C)OC(=O)CN(Cc1ccc(O)cc1)Cc1ccc([N+](=O)[O-])s1. The number of benzene rings is 1. The van der Waals surface area contributed by atoms with Crippen LogP contribution in [0, 0.1) is 10.1 Å². The summed E-state index contributed by atoms with van der Waals surface area (Å²) in [7, 11) is 0. The quantitative estimate of drug-likeness (QED) is 0.448. The van der Waals surface area contributed by atoms with Crippen molar-refractivity contribution in [1.29, 1.82) is 0 Å². The molecule has 8 heteroatoms. The summed E-state index contributed by atoms with van der Waals surface area (Å²) in [6.45, 7) is 6.31. The van der Waals surface area contributed by atoms with Gasteiger partial charge in [0.15, 0.2) is 0 Å². The third-order valence-corrected chi connectivity index (χ3v) is 4.34. The predicted molar refractivity (Wildman–Crippen MR) is 99.0 cm³/mol. The van der Waals surface area contributed by atoms with Crippen molar-refractivity contribution in [2.45, 2.75) is 39.5 Å². The lowest BCUT2D eigenvalue weighted by Crippen LogP contribution is -2.34. The Morgan fingerprint density at radius 3 is 2.38 bits per heavy atom. The fourth-order valence-electron chi connectivity index (χ4n) is 2.35. The molecule has 1 N–H and O–H groups in total. The van der Waals surface area contributed by atoms with Crippen LogP contribution in [-0.4, -0.2) is 33.0 Å². The number of nitro groups is 1. The van der Waals surface area contributed by atoms with Crippen LogP contribution in [0.2, 0.25) is 0 Å². The van der Waals surface area contributed by atoms with Gasteiger partial charge in [-0.05, 0) is 44.5 Å². The Hall–Kier alpha value is -2.45. The van der Waals surface area contributed by atoms with Crippen molar-refractivity contribution < 1.29 is 19.6 Å². The summed E-state index contributed by atoms with van der Waals surface area (Å²) in [6, 6.07) is 9.87. The molecule has 0 fully saturated rings. The normalized spacial score (nSPS) is 11.5. The van der Waals surface area contributed by atoms with Crippen molar-refractivity contribution in [2.75, 3.05) is 6.54 Å². The molecule has 0 saturated carbocycles. The van der Waals surface area contributed by atoms with Gasteiger partial charge in [0.25, 0.3) is 0 Å². The molecule has 0 aliphatic carbocycles. The van der Waals surface area contributed by atoms with Crippen LogP contribution in [0.4, 0.5) is 5.00 Å². The van der Waals surface area contributed by atoms with Gasteiger partial charge in [0.05, 0.1) is 11.5 Å². The molecule has 0 bridgehead atoms. The lowest BCUT2D eigenvalue weighted by molar-refractivity contribution is -0.380. The van der Waals surface area contributed by atoms with Crippen molar-refractivity contribution in [3.63, 3.8) is 0 Å². The van der Waals surface area contributed by atoms with E-state index in [1.165, 1.54) is 6.07 Å². The maximum atomic E-state index is 12.2. The summed E-state index contributed by atoms with van der Waals surface area (Å²) in [5, 5.41) is 20.3. The second kappa shape index (κ2) is 8.29. The van der Waals surface area contributed by atoms with Gasteiger partial charge in [-0.15, -0.1) is 0 Å². The summed E-state index contributed by atoms with van der Waals surface area (Å²) in [5.41, 5.74) is 0.334. The number of carbonyl (C=O) groups is 1. The molecule has 0 amide bonds. The molecule has 2 aromatic rings. The zero-order valence-electron chi connectivity index (χ0n) is 15.0. The number of rotatable bonds is 7. The van der Waals surface area contributed by atoms with E-state index >= 15 is 0 Å². The van der Waals surface area contributed by atoms with Gasteiger partial charge in [0.2, 0.25) is 0 Å². The van der Waals surface area contributed by atoms with Gasteiger partial charge in [-0.3, -0.25) is 19.8 Å². The second-order valence-corrected chi connectivity index (χ2v) is 8.04. The van der Waals surface area contributed by atoms with Gasteiger partial charge in [-0.25, -0.2) is 0 Å². The molecule has 0 aliphatic heterocycles. The molecule has 0 unspecified atom stereocenters. The lowest BCUT2D eigenvalue weighted by atomic mass is 10.2. The molecule has 1 aromatic heterocycles. The highest BCUT2D eigenvalue weighted by Crippen LogP contribution is 2.25. The fraction of sp³-hybridized carbons (Fsp3) is 0.389. The van der Waals surface area contributed by atoms with Crippen LogP contribution >= 0.6 is 11.3 Å². The molecule has 1 heterocycles. The molecule has 2 rings (SSSR count). The van der Waals surface area contributed by atoms with Crippen LogP contribution in [-0.2, 0) is 22.6 Å². The van der Waals surface area contributed by atoms with E-state index in [-0.39, 0.29) is 23.3 Å². The van der Waals surface area contributed by atoms with Crippen LogP contribution in [0.25, 0.3) is 0 Å². The average molecular weight is 378 g/mol. The van der Waals surface area contributed by atoms with E-state index in [4.69, 9.17) is 4.74 Å². The molecule has 140 valence electrons. The Morgan fingerprint density at radius 2 is 1.85 bits per heavy atom. The third-order valence-electron chi connectivity index (χ3n) is 3.32. The first-order valence-corrected chi connectivity index (χ1v) is 8.89. The number of phenolic OH excluding ortho intramolecular Hbond substituents is 1. The number of hydrogen-bond donors (Lipinski definition) is 1. The number of nitrogens with zero attached hydrogens (tertiary/aromatic N) is 2. The number of hydrogen-bond acceptors (Lipinski definition) is 7. The molecule has 1 aromatic carbocycles. The number of aromatic hydroxyl groups is 1. The smallest absolute Gasteiger partial charge is 0.324 e. The van der Waals surface area contributed by atoms with Gasteiger partial charge >= 0.3 is 11.0 Å². The fourth-order valence-corrected chi connectivity index (χ4v) is 3.22. The number of thiophene rings is 1. The summed E-state index contributed by atoms with van der Waals surface area (Å²) in [5.74, 6) is -0.191. The van der Waals surface area contributed by atoms with Crippen molar-refractivity contribution in [2.24, 2.45) is 0 Å². The number of phenols is 1. The lowest BCUT2D eigenvalue weighted by Gasteiger charge is -2.24. The zero-order valence-corrected chi connectivity index (χ0v) is 15.8.